The summed E-state index contributed by atoms with van der Waals surface area (Å²) < 4.78 is 0. The third kappa shape index (κ3) is 4.85. The van der Waals surface area contributed by atoms with Crippen LogP contribution in [-0.2, 0) is 0 Å². The summed E-state index contributed by atoms with van der Waals surface area (Å²) in [6.07, 6.45) is 10.1. The van der Waals surface area contributed by atoms with E-state index in [0.717, 1.165) is 0 Å². The van der Waals surface area contributed by atoms with Gasteiger partial charge in [0.2, 0.25) is 0 Å². The lowest BCUT2D eigenvalue weighted by molar-refractivity contribution is 0.412. The van der Waals surface area contributed by atoms with E-state index in [1.165, 1.54) is 0 Å². The molecule has 0 aromatic rings. The lowest BCUT2D eigenvalue weighted by atomic mass is 10.2. The molecule has 2 nitrogen and oxygen atoms in total. The highest BCUT2D eigenvalue weighted by Crippen LogP contribution is 1.92. The van der Waals surface area contributed by atoms with Crippen LogP contribution in [0.1, 0.15) is 6.92 Å². The van der Waals surface area contributed by atoms with Crippen molar-refractivity contribution in [3.8, 4) is 0 Å². The van der Waals surface area contributed by atoms with Gasteiger partial charge in [0, 0.05) is 13.3 Å². The maximum absolute atomic E-state index is 3.99. The SMILES string of the molecule is C/C=C/C=C\C(C=NC)N(C)C. The summed E-state index contributed by atoms with van der Waals surface area (Å²) >= 11 is 0. The second-order valence-electron chi connectivity index (χ2n) is 2.77. The molecule has 0 amide bonds. The molecule has 0 saturated heterocycles. The molecule has 0 spiro atoms. The average Bonchev–Trinajstić information content (AvgIpc) is 2.03. The van der Waals surface area contributed by atoms with Gasteiger partial charge in [-0.3, -0.25) is 9.89 Å². The molecule has 0 aliphatic heterocycles. The largest absolute Gasteiger partial charge is 0.299 e. The summed E-state index contributed by atoms with van der Waals surface area (Å²) in [5.74, 6) is 0. The molecule has 0 aromatic heterocycles. The van der Waals surface area contributed by atoms with Crippen molar-refractivity contribution in [1.29, 1.82) is 0 Å². The normalized spacial score (nSPS) is 15.8. The van der Waals surface area contributed by atoms with E-state index in [4.69, 9.17) is 0 Å². The minimum Gasteiger partial charge on any atom is -0.299 e. The number of likely N-dealkylation sites (N-methyl/N-ethyl adjacent to an activating group) is 1. The van der Waals surface area contributed by atoms with E-state index in [1.54, 1.807) is 7.05 Å². The Labute approximate surface area is 75.3 Å². The molecule has 0 aliphatic rings. The van der Waals surface area contributed by atoms with Gasteiger partial charge >= 0.3 is 0 Å². The van der Waals surface area contributed by atoms with E-state index < -0.39 is 0 Å². The molecular weight excluding hydrogens is 148 g/mol. The van der Waals surface area contributed by atoms with Crippen molar-refractivity contribution in [2.45, 2.75) is 13.0 Å². The number of rotatable bonds is 4. The second kappa shape index (κ2) is 6.80. The monoisotopic (exact) mass is 166 g/mol. The Morgan fingerprint density at radius 3 is 2.33 bits per heavy atom. The molecule has 0 heterocycles. The van der Waals surface area contributed by atoms with Gasteiger partial charge in [-0.25, -0.2) is 0 Å². The lowest BCUT2D eigenvalue weighted by Gasteiger charge is -2.15. The molecule has 68 valence electrons. The van der Waals surface area contributed by atoms with Gasteiger partial charge < -0.3 is 0 Å². The third-order valence-electron chi connectivity index (χ3n) is 1.51. The van der Waals surface area contributed by atoms with E-state index >= 15 is 0 Å². The smallest absolute Gasteiger partial charge is 0.0629 e. The van der Waals surface area contributed by atoms with Crippen molar-refractivity contribution in [3.05, 3.63) is 24.3 Å². The molecule has 12 heavy (non-hydrogen) atoms. The highest BCUT2D eigenvalue weighted by molar-refractivity contribution is 5.67. The van der Waals surface area contributed by atoms with Crippen LogP contribution in [0.3, 0.4) is 0 Å². The van der Waals surface area contributed by atoms with Crippen molar-refractivity contribution < 1.29 is 0 Å². The van der Waals surface area contributed by atoms with Gasteiger partial charge in [-0.1, -0.05) is 24.3 Å². The van der Waals surface area contributed by atoms with Gasteiger partial charge in [0.05, 0.1) is 6.04 Å². The first-order chi connectivity index (χ1) is 5.72. The molecule has 0 saturated carbocycles. The van der Waals surface area contributed by atoms with Crippen molar-refractivity contribution in [2.75, 3.05) is 21.1 Å². The van der Waals surface area contributed by atoms with Crippen LogP contribution < -0.4 is 0 Å². The van der Waals surface area contributed by atoms with Crippen LogP contribution in [-0.4, -0.2) is 38.3 Å². The van der Waals surface area contributed by atoms with Crippen molar-refractivity contribution in [1.82, 2.24) is 4.90 Å². The van der Waals surface area contributed by atoms with Crippen LogP contribution >= 0.6 is 0 Å². The van der Waals surface area contributed by atoms with Gasteiger partial charge in [0.25, 0.3) is 0 Å². The van der Waals surface area contributed by atoms with Gasteiger partial charge in [0.1, 0.15) is 0 Å². The molecule has 0 N–H and O–H groups in total. The van der Waals surface area contributed by atoms with Crippen LogP contribution in [0.2, 0.25) is 0 Å². The standard InChI is InChI=1S/C10H18N2/c1-5-6-7-8-10(9-11-2)12(3)4/h5-10H,1-4H3/b6-5+,8-7-,11-9?. The predicted octanol–water partition coefficient (Wildman–Crippen LogP) is 1.75. The number of hydrogen-bond acceptors (Lipinski definition) is 2. The van der Waals surface area contributed by atoms with Crippen LogP contribution in [0.4, 0.5) is 0 Å². The summed E-state index contributed by atoms with van der Waals surface area (Å²) in [6.45, 7) is 2.00. The summed E-state index contributed by atoms with van der Waals surface area (Å²) in [5, 5.41) is 0. The summed E-state index contributed by atoms with van der Waals surface area (Å²) in [4.78, 5) is 6.10. The quantitative estimate of drug-likeness (QED) is 0.459. The van der Waals surface area contributed by atoms with E-state index in [2.05, 4.69) is 16.0 Å². The highest BCUT2D eigenvalue weighted by atomic mass is 15.1. The van der Waals surface area contributed by atoms with E-state index in [0.29, 0.717) is 6.04 Å². The number of nitrogens with zero attached hydrogens (tertiary/aromatic N) is 2. The molecule has 0 radical (unpaired) electrons. The molecule has 0 aromatic carbocycles. The average molecular weight is 166 g/mol. The zero-order valence-electron chi connectivity index (χ0n) is 8.36. The van der Waals surface area contributed by atoms with Gasteiger partial charge in [-0.15, -0.1) is 0 Å². The van der Waals surface area contributed by atoms with Gasteiger partial charge in [-0.05, 0) is 21.0 Å². The second-order valence-corrected chi connectivity index (χ2v) is 2.77. The van der Waals surface area contributed by atoms with Crippen LogP contribution in [0.15, 0.2) is 29.3 Å². The molecule has 1 atom stereocenters. The summed E-state index contributed by atoms with van der Waals surface area (Å²) in [6, 6.07) is 0.297. The number of hydrogen-bond donors (Lipinski definition) is 0. The topological polar surface area (TPSA) is 15.6 Å². The minimum atomic E-state index is 0.297. The fraction of sp³-hybridized carbons (Fsp3) is 0.500. The zero-order valence-corrected chi connectivity index (χ0v) is 8.36. The first-order valence-electron chi connectivity index (χ1n) is 4.10. The number of allylic oxidation sites excluding steroid dienone is 3. The lowest BCUT2D eigenvalue weighted by Crippen LogP contribution is -2.27. The van der Waals surface area contributed by atoms with E-state index in [9.17, 15) is 0 Å². The Kier molecular flexibility index (Phi) is 6.29. The van der Waals surface area contributed by atoms with Gasteiger partial charge in [-0.2, -0.15) is 0 Å². The van der Waals surface area contributed by atoms with Crippen LogP contribution in [0.5, 0.6) is 0 Å². The summed E-state index contributed by atoms with van der Waals surface area (Å²) in [5.41, 5.74) is 0. The Balaban J connectivity index is 4.12. The Bertz CT molecular complexity index is 178. The third-order valence-corrected chi connectivity index (χ3v) is 1.51. The van der Waals surface area contributed by atoms with Crippen molar-refractivity contribution >= 4 is 6.21 Å². The molecular formula is C10H18N2. The maximum Gasteiger partial charge on any atom is 0.0629 e. The van der Waals surface area contributed by atoms with Gasteiger partial charge in [0.15, 0.2) is 0 Å². The summed E-state index contributed by atoms with van der Waals surface area (Å²) in [7, 11) is 5.86. The number of aliphatic imine (C=N–C) groups is 1. The van der Waals surface area contributed by atoms with Crippen molar-refractivity contribution in [2.24, 2.45) is 4.99 Å². The first kappa shape index (κ1) is 11.1. The van der Waals surface area contributed by atoms with E-state index in [-0.39, 0.29) is 0 Å². The first-order valence-corrected chi connectivity index (χ1v) is 4.10. The predicted molar refractivity (Wildman–Crippen MR) is 55.8 cm³/mol. The highest BCUT2D eigenvalue weighted by Gasteiger charge is 2.00. The fourth-order valence-electron chi connectivity index (χ4n) is 0.797. The van der Waals surface area contributed by atoms with E-state index in [1.807, 2.05) is 45.5 Å². The van der Waals surface area contributed by atoms with Crippen LogP contribution in [0, 0.1) is 0 Å². The molecule has 1 unspecified atom stereocenters. The Morgan fingerprint density at radius 1 is 1.25 bits per heavy atom. The molecule has 0 bridgehead atoms. The fourth-order valence-corrected chi connectivity index (χ4v) is 0.797. The Morgan fingerprint density at radius 2 is 1.92 bits per heavy atom. The van der Waals surface area contributed by atoms with Crippen molar-refractivity contribution in [3.63, 3.8) is 0 Å². The maximum atomic E-state index is 3.99. The molecule has 0 rings (SSSR count). The Hall–Kier alpha value is -0.890. The zero-order chi connectivity index (χ0) is 9.40. The van der Waals surface area contributed by atoms with Crippen LogP contribution in [0.25, 0.3) is 0 Å². The molecule has 0 aliphatic carbocycles. The molecule has 0 fully saturated rings. The molecule has 2 heteroatoms. The minimum absolute atomic E-state index is 0.297.